The summed E-state index contributed by atoms with van der Waals surface area (Å²) in [5, 5.41) is 0.648. The highest BCUT2D eigenvalue weighted by Gasteiger charge is 1.87. The van der Waals surface area contributed by atoms with Crippen molar-refractivity contribution in [3.8, 4) is 0 Å². The highest BCUT2D eigenvalue weighted by Crippen LogP contribution is 1.90. The summed E-state index contributed by atoms with van der Waals surface area (Å²) in [6, 6.07) is 0. The van der Waals surface area contributed by atoms with Crippen LogP contribution in [0.2, 0.25) is 0 Å². The summed E-state index contributed by atoms with van der Waals surface area (Å²) in [4.78, 5) is 0. The van der Waals surface area contributed by atoms with Gasteiger partial charge in [0.1, 0.15) is 0 Å². The molecule has 0 saturated carbocycles. The van der Waals surface area contributed by atoms with Crippen LogP contribution < -0.4 is 0 Å². The Kier molecular flexibility index (Phi) is 4.00. The molecule has 1 nitrogen and oxygen atoms in total. The van der Waals surface area contributed by atoms with Crippen LogP contribution in [0.1, 0.15) is 12.8 Å². The van der Waals surface area contributed by atoms with E-state index in [2.05, 4.69) is 11.7 Å². The molecule has 0 bridgehead atoms. The molecule has 0 fully saturated rings. The van der Waals surface area contributed by atoms with E-state index >= 15 is 0 Å². The topological polar surface area (TPSA) is 9.23 Å². The van der Waals surface area contributed by atoms with Crippen LogP contribution in [0.25, 0.3) is 0 Å². The first kappa shape index (κ1) is 6.89. The molecule has 0 aromatic rings. The van der Waals surface area contributed by atoms with Gasteiger partial charge in [-0.05, 0) is 18.6 Å². The third-order valence-electron chi connectivity index (χ3n) is 0.609. The van der Waals surface area contributed by atoms with Gasteiger partial charge in [-0.2, -0.15) is 0 Å². The zero-order valence-electron chi connectivity index (χ0n) is 4.44. The summed E-state index contributed by atoms with van der Waals surface area (Å²) in [6.07, 6.45) is 1.62. The lowest BCUT2D eigenvalue weighted by atomic mass is 10.4. The van der Waals surface area contributed by atoms with E-state index in [1.807, 2.05) is 0 Å². The van der Waals surface area contributed by atoms with Gasteiger partial charge in [-0.25, -0.2) is 0 Å². The van der Waals surface area contributed by atoms with E-state index in [0.717, 1.165) is 12.8 Å². The first-order valence-corrected chi connectivity index (χ1v) is 2.58. The fraction of sp³-hybridized carbons (Fsp3) is 0.600. The summed E-state index contributed by atoms with van der Waals surface area (Å²) in [5.74, 6) is 0. The number of thiocarbonyl (C=S) groups is 1. The number of hydrogen-bond donors (Lipinski definition) is 0. The molecule has 0 N–H and O–H groups in total. The van der Waals surface area contributed by atoms with Crippen LogP contribution in [-0.2, 0) is 4.74 Å². The monoisotopic (exact) mass is 117 g/mol. The maximum Gasteiger partial charge on any atom is 0.159 e. The molecule has 0 heterocycles. The largest absolute Gasteiger partial charge is 0.490 e. The summed E-state index contributed by atoms with van der Waals surface area (Å²) < 4.78 is 4.68. The molecule has 0 aliphatic heterocycles. The summed E-state index contributed by atoms with van der Waals surface area (Å²) >= 11 is 4.69. The van der Waals surface area contributed by atoms with Crippen molar-refractivity contribution < 1.29 is 4.74 Å². The second-order valence-electron chi connectivity index (χ2n) is 1.18. The molecule has 0 unspecified atom stereocenters. The summed E-state index contributed by atoms with van der Waals surface area (Å²) in [5.41, 5.74) is 0. The molecule has 1 radical (unpaired) electrons. The highest BCUT2D eigenvalue weighted by atomic mass is 32.1. The van der Waals surface area contributed by atoms with Gasteiger partial charge >= 0.3 is 0 Å². The minimum Gasteiger partial charge on any atom is -0.490 e. The Hall–Kier alpha value is -0.110. The van der Waals surface area contributed by atoms with Crippen LogP contribution in [0.15, 0.2) is 0 Å². The molecular weight excluding hydrogens is 108 g/mol. The van der Waals surface area contributed by atoms with Crippen LogP contribution in [0, 0.1) is 6.92 Å². The Bertz CT molecular complexity index is 61.1. The molecular formula is C5H9OS. The minimum atomic E-state index is 0.648. The first-order valence-electron chi connectivity index (χ1n) is 2.17. The van der Waals surface area contributed by atoms with Crippen molar-refractivity contribution in [2.45, 2.75) is 12.8 Å². The minimum absolute atomic E-state index is 0.648. The van der Waals surface area contributed by atoms with E-state index < -0.39 is 0 Å². The highest BCUT2D eigenvalue weighted by molar-refractivity contribution is 7.80. The maximum absolute atomic E-state index is 4.69. The van der Waals surface area contributed by atoms with E-state index in [0.29, 0.717) is 5.05 Å². The lowest BCUT2D eigenvalue weighted by Gasteiger charge is -1.95. The molecule has 0 aromatic carbocycles. The van der Waals surface area contributed by atoms with Crippen molar-refractivity contribution in [2.24, 2.45) is 0 Å². The molecule has 0 aromatic heterocycles. The van der Waals surface area contributed by atoms with E-state index in [4.69, 9.17) is 12.2 Å². The predicted molar refractivity (Wildman–Crippen MR) is 34.2 cm³/mol. The standard InChI is InChI=1S/C5H9OS/c1-3-4-5(7)6-2/h1,3-4H2,2H3. The van der Waals surface area contributed by atoms with E-state index in [-0.39, 0.29) is 0 Å². The fourth-order valence-electron chi connectivity index (χ4n) is 0.246. The van der Waals surface area contributed by atoms with E-state index in [9.17, 15) is 0 Å². The molecule has 0 saturated heterocycles. The van der Waals surface area contributed by atoms with Crippen molar-refractivity contribution >= 4 is 17.3 Å². The second kappa shape index (κ2) is 4.06. The lowest BCUT2D eigenvalue weighted by Crippen LogP contribution is -1.94. The first-order chi connectivity index (χ1) is 3.31. The van der Waals surface area contributed by atoms with Gasteiger partial charge in [-0.15, -0.1) is 0 Å². The molecule has 2 heteroatoms. The smallest absolute Gasteiger partial charge is 0.159 e. The van der Waals surface area contributed by atoms with Gasteiger partial charge in [0.2, 0.25) is 0 Å². The number of methoxy groups -OCH3 is 1. The number of rotatable bonds is 2. The normalized spacial score (nSPS) is 8.29. The van der Waals surface area contributed by atoms with Gasteiger partial charge in [-0.3, -0.25) is 0 Å². The molecule has 0 aliphatic carbocycles. The molecule has 0 aliphatic rings. The maximum atomic E-state index is 4.69. The Morgan fingerprint density at radius 2 is 2.43 bits per heavy atom. The average molecular weight is 117 g/mol. The molecule has 7 heavy (non-hydrogen) atoms. The van der Waals surface area contributed by atoms with Gasteiger partial charge < -0.3 is 4.74 Å². The molecule has 41 valence electrons. The van der Waals surface area contributed by atoms with Crippen LogP contribution in [-0.4, -0.2) is 12.2 Å². The lowest BCUT2D eigenvalue weighted by molar-refractivity contribution is 0.402. The zero-order valence-corrected chi connectivity index (χ0v) is 5.25. The van der Waals surface area contributed by atoms with Crippen LogP contribution in [0.4, 0.5) is 0 Å². The van der Waals surface area contributed by atoms with Gasteiger partial charge in [0.15, 0.2) is 5.05 Å². The Labute approximate surface area is 49.7 Å². The van der Waals surface area contributed by atoms with Crippen molar-refractivity contribution in [3.63, 3.8) is 0 Å². The third kappa shape index (κ3) is 3.73. The SMILES string of the molecule is [CH2]CCC(=S)OC. The van der Waals surface area contributed by atoms with Crippen LogP contribution >= 0.6 is 12.2 Å². The predicted octanol–water partition coefficient (Wildman–Crippen LogP) is 1.57. The molecule has 0 atom stereocenters. The van der Waals surface area contributed by atoms with Gasteiger partial charge in [0, 0.05) is 6.42 Å². The molecule has 0 amide bonds. The second-order valence-corrected chi connectivity index (χ2v) is 1.64. The van der Waals surface area contributed by atoms with Crippen molar-refractivity contribution in [3.05, 3.63) is 6.92 Å². The third-order valence-corrected chi connectivity index (χ3v) is 0.979. The molecule has 0 rings (SSSR count). The van der Waals surface area contributed by atoms with Crippen molar-refractivity contribution in [2.75, 3.05) is 7.11 Å². The van der Waals surface area contributed by atoms with E-state index in [1.54, 1.807) is 7.11 Å². The van der Waals surface area contributed by atoms with Crippen LogP contribution in [0.3, 0.4) is 0 Å². The number of ether oxygens (including phenoxy) is 1. The van der Waals surface area contributed by atoms with Crippen molar-refractivity contribution in [1.29, 1.82) is 0 Å². The zero-order chi connectivity index (χ0) is 5.70. The van der Waals surface area contributed by atoms with Gasteiger partial charge in [0.25, 0.3) is 0 Å². The Morgan fingerprint density at radius 3 is 2.57 bits per heavy atom. The summed E-state index contributed by atoms with van der Waals surface area (Å²) in [6.45, 7) is 3.61. The number of hydrogen-bond acceptors (Lipinski definition) is 2. The Morgan fingerprint density at radius 1 is 1.86 bits per heavy atom. The van der Waals surface area contributed by atoms with Crippen LogP contribution in [0.5, 0.6) is 0 Å². The van der Waals surface area contributed by atoms with Gasteiger partial charge in [-0.1, -0.05) is 6.92 Å². The van der Waals surface area contributed by atoms with E-state index in [1.165, 1.54) is 0 Å². The fourth-order valence-corrected chi connectivity index (χ4v) is 0.391. The van der Waals surface area contributed by atoms with Crippen molar-refractivity contribution in [1.82, 2.24) is 0 Å². The summed E-state index contributed by atoms with van der Waals surface area (Å²) in [7, 11) is 1.58. The quantitative estimate of drug-likeness (QED) is 0.508. The molecule has 0 spiro atoms. The van der Waals surface area contributed by atoms with Gasteiger partial charge in [0.05, 0.1) is 7.11 Å². The average Bonchev–Trinajstić information content (AvgIpc) is 1.68. The Balaban J connectivity index is 3.00.